The monoisotopic (exact) mass is 276 g/mol. The number of carbonyl (C=O) groups is 1. The number of ether oxygens (including phenoxy) is 1. The Labute approximate surface area is 121 Å². The third kappa shape index (κ3) is 3.99. The fraction of sp³-hybridized carbons (Fsp3) is 0.588. The molecule has 0 amide bonds. The molecule has 0 radical (unpaired) electrons. The molecule has 0 spiro atoms. The van der Waals surface area contributed by atoms with E-state index < -0.39 is 5.97 Å². The van der Waals surface area contributed by atoms with Gasteiger partial charge in [0.1, 0.15) is 5.75 Å². The third-order valence-electron chi connectivity index (χ3n) is 4.02. The molecule has 1 aliphatic rings. The van der Waals surface area contributed by atoms with Gasteiger partial charge in [0, 0.05) is 6.42 Å². The summed E-state index contributed by atoms with van der Waals surface area (Å²) in [6.45, 7) is 4.95. The predicted octanol–water partition coefficient (Wildman–Crippen LogP) is 3.89. The summed E-state index contributed by atoms with van der Waals surface area (Å²) in [5, 5.41) is 8.75. The SMILES string of the molecule is Cc1cc(C)c(OCC2CCC2)c(CCCC(=O)O)c1. The number of benzene rings is 1. The Morgan fingerprint density at radius 1 is 1.35 bits per heavy atom. The summed E-state index contributed by atoms with van der Waals surface area (Å²) in [6.07, 6.45) is 5.53. The van der Waals surface area contributed by atoms with Crippen molar-refractivity contribution in [3.8, 4) is 5.75 Å². The van der Waals surface area contributed by atoms with Gasteiger partial charge < -0.3 is 9.84 Å². The van der Waals surface area contributed by atoms with Crippen LogP contribution in [-0.4, -0.2) is 17.7 Å². The smallest absolute Gasteiger partial charge is 0.303 e. The Hall–Kier alpha value is -1.51. The lowest BCUT2D eigenvalue weighted by Gasteiger charge is -2.26. The van der Waals surface area contributed by atoms with Gasteiger partial charge in [-0.15, -0.1) is 0 Å². The molecule has 0 heterocycles. The van der Waals surface area contributed by atoms with E-state index in [1.165, 1.54) is 24.8 Å². The molecule has 1 aromatic rings. The van der Waals surface area contributed by atoms with Gasteiger partial charge in [-0.2, -0.15) is 0 Å². The van der Waals surface area contributed by atoms with Gasteiger partial charge in [0.25, 0.3) is 0 Å². The van der Waals surface area contributed by atoms with Crippen LogP contribution in [0.5, 0.6) is 5.75 Å². The van der Waals surface area contributed by atoms with Crippen molar-refractivity contribution < 1.29 is 14.6 Å². The lowest BCUT2D eigenvalue weighted by molar-refractivity contribution is -0.137. The number of aryl methyl sites for hydroxylation is 3. The molecule has 3 heteroatoms. The zero-order chi connectivity index (χ0) is 14.5. The molecule has 0 saturated heterocycles. The molecule has 1 fully saturated rings. The van der Waals surface area contributed by atoms with Gasteiger partial charge in [-0.05, 0) is 56.6 Å². The highest BCUT2D eigenvalue weighted by atomic mass is 16.5. The van der Waals surface area contributed by atoms with Crippen LogP contribution in [-0.2, 0) is 11.2 Å². The number of rotatable bonds is 7. The minimum atomic E-state index is -0.730. The Morgan fingerprint density at radius 2 is 2.10 bits per heavy atom. The van der Waals surface area contributed by atoms with Crippen molar-refractivity contribution in [1.82, 2.24) is 0 Å². The largest absolute Gasteiger partial charge is 0.493 e. The third-order valence-corrected chi connectivity index (χ3v) is 4.02. The predicted molar refractivity (Wildman–Crippen MR) is 79.3 cm³/mol. The molecule has 0 aromatic heterocycles. The molecule has 110 valence electrons. The zero-order valence-corrected chi connectivity index (χ0v) is 12.4. The van der Waals surface area contributed by atoms with Crippen molar-refractivity contribution in [3.63, 3.8) is 0 Å². The highest BCUT2D eigenvalue weighted by molar-refractivity contribution is 5.66. The standard InChI is InChI=1S/C17H24O3/c1-12-9-13(2)17(20-11-14-5-3-6-14)15(10-12)7-4-8-16(18)19/h9-10,14H,3-8,11H2,1-2H3,(H,18,19). The Bertz CT molecular complexity index is 475. The molecule has 0 unspecified atom stereocenters. The molecule has 0 aliphatic heterocycles. The number of carboxylic acid groups (broad SMARTS) is 1. The summed E-state index contributed by atoms with van der Waals surface area (Å²) >= 11 is 0. The molecular weight excluding hydrogens is 252 g/mol. The first-order valence-electron chi connectivity index (χ1n) is 7.51. The van der Waals surface area contributed by atoms with E-state index in [1.54, 1.807) is 0 Å². The Kier molecular flexibility index (Phi) is 5.05. The first-order valence-corrected chi connectivity index (χ1v) is 7.51. The molecule has 1 aromatic carbocycles. The average Bonchev–Trinajstić information content (AvgIpc) is 2.29. The minimum absolute atomic E-state index is 0.217. The van der Waals surface area contributed by atoms with E-state index >= 15 is 0 Å². The normalized spacial score (nSPS) is 14.9. The minimum Gasteiger partial charge on any atom is -0.493 e. The molecular formula is C17H24O3. The van der Waals surface area contributed by atoms with Crippen LogP contribution >= 0.6 is 0 Å². The van der Waals surface area contributed by atoms with Crippen LogP contribution in [0.25, 0.3) is 0 Å². The van der Waals surface area contributed by atoms with Crippen LogP contribution in [0.2, 0.25) is 0 Å². The highest BCUT2D eigenvalue weighted by Crippen LogP contribution is 2.31. The van der Waals surface area contributed by atoms with Gasteiger partial charge in [0.15, 0.2) is 0 Å². The van der Waals surface area contributed by atoms with Crippen molar-refractivity contribution in [2.75, 3.05) is 6.61 Å². The van der Waals surface area contributed by atoms with Crippen molar-refractivity contribution >= 4 is 5.97 Å². The Balaban J connectivity index is 2.03. The zero-order valence-electron chi connectivity index (χ0n) is 12.4. The summed E-state index contributed by atoms with van der Waals surface area (Å²) in [5.41, 5.74) is 3.53. The quantitative estimate of drug-likeness (QED) is 0.821. The van der Waals surface area contributed by atoms with E-state index in [4.69, 9.17) is 9.84 Å². The van der Waals surface area contributed by atoms with Crippen molar-refractivity contribution in [3.05, 3.63) is 28.8 Å². The first kappa shape index (κ1) is 14.9. The van der Waals surface area contributed by atoms with Crippen LogP contribution in [0, 0.1) is 19.8 Å². The van der Waals surface area contributed by atoms with Crippen molar-refractivity contribution in [2.24, 2.45) is 5.92 Å². The van der Waals surface area contributed by atoms with Crippen LogP contribution in [0.3, 0.4) is 0 Å². The molecule has 1 aliphatic carbocycles. The molecule has 2 rings (SSSR count). The van der Waals surface area contributed by atoms with Crippen molar-refractivity contribution in [2.45, 2.75) is 52.4 Å². The first-order chi connectivity index (χ1) is 9.56. The molecule has 1 saturated carbocycles. The van der Waals surface area contributed by atoms with Crippen LogP contribution in [0.4, 0.5) is 0 Å². The Morgan fingerprint density at radius 3 is 2.70 bits per heavy atom. The maximum absolute atomic E-state index is 10.6. The number of aliphatic carboxylic acids is 1. The molecule has 0 bridgehead atoms. The lowest BCUT2D eigenvalue weighted by atomic mass is 9.86. The maximum Gasteiger partial charge on any atom is 0.303 e. The van der Waals surface area contributed by atoms with Gasteiger partial charge >= 0.3 is 5.97 Å². The number of hydrogen-bond donors (Lipinski definition) is 1. The summed E-state index contributed by atoms with van der Waals surface area (Å²) in [7, 11) is 0. The number of carboxylic acids is 1. The molecule has 0 atom stereocenters. The van der Waals surface area contributed by atoms with E-state index in [1.807, 2.05) is 0 Å². The van der Waals surface area contributed by atoms with Crippen molar-refractivity contribution in [1.29, 1.82) is 0 Å². The van der Waals surface area contributed by atoms with Gasteiger partial charge in [0.05, 0.1) is 6.61 Å². The lowest BCUT2D eigenvalue weighted by Crippen LogP contribution is -2.20. The van der Waals surface area contributed by atoms with E-state index in [9.17, 15) is 4.79 Å². The summed E-state index contributed by atoms with van der Waals surface area (Å²) in [5.74, 6) is 0.960. The fourth-order valence-electron chi connectivity index (χ4n) is 2.73. The summed E-state index contributed by atoms with van der Waals surface area (Å²) < 4.78 is 6.04. The molecule has 1 N–H and O–H groups in total. The van der Waals surface area contributed by atoms with E-state index in [0.29, 0.717) is 12.3 Å². The van der Waals surface area contributed by atoms with E-state index in [2.05, 4.69) is 26.0 Å². The van der Waals surface area contributed by atoms with Gasteiger partial charge in [0.2, 0.25) is 0 Å². The molecule has 3 nitrogen and oxygen atoms in total. The second-order valence-electron chi connectivity index (χ2n) is 5.93. The maximum atomic E-state index is 10.6. The summed E-state index contributed by atoms with van der Waals surface area (Å²) in [6, 6.07) is 4.27. The number of hydrogen-bond acceptors (Lipinski definition) is 2. The molecule has 20 heavy (non-hydrogen) atoms. The second-order valence-corrected chi connectivity index (χ2v) is 5.93. The van der Waals surface area contributed by atoms with Crippen LogP contribution < -0.4 is 4.74 Å². The summed E-state index contributed by atoms with van der Waals surface area (Å²) in [4.78, 5) is 10.6. The van der Waals surface area contributed by atoms with Gasteiger partial charge in [-0.3, -0.25) is 4.79 Å². The topological polar surface area (TPSA) is 46.5 Å². The van der Waals surface area contributed by atoms with Crippen LogP contribution in [0.1, 0.15) is 48.8 Å². The van der Waals surface area contributed by atoms with E-state index in [-0.39, 0.29) is 6.42 Å². The van der Waals surface area contributed by atoms with Gasteiger partial charge in [-0.1, -0.05) is 24.1 Å². The van der Waals surface area contributed by atoms with Crippen LogP contribution in [0.15, 0.2) is 12.1 Å². The fourth-order valence-corrected chi connectivity index (χ4v) is 2.73. The highest BCUT2D eigenvalue weighted by Gasteiger charge is 2.19. The van der Waals surface area contributed by atoms with Gasteiger partial charge in [-0.25, -0.2) is 0 Å². The average molecular weight is 276 g/mol. The second kappa shape index (κ2) is 6.78. The van der Waals surface area contributed by atoms with E-state index in [0.717, 1.165) is 29.9 Å².